The minimum absolute atomic E-state index is 0.438. The number of carbonyl (C=O) groups is 1. The molecule has 0 amide bonds. The largest absolute Gasteiger partial charge is 0.304 e. The van der Waals surface area contributed by atoms with Crippen molar-refractivity contribution in [2.75, 3.05) is 39.3 Å². The second-order valence-corrected chi connectivity index (χ2v) is 7.35. The van der Waals surface area contributed by atoms with Crippen molar-refractivity contribution < 1.29 is 4.79 Å². The molecular formula is C24H36N2O. The van der Waals surface area contributed by atoms with Gasteiger partial charge in [0.1, 0.15) is 6.29 Å². The van der Waals surface area contributed by atoms with Crippen LogP contribution in [0.4, 0.5) is 0 Å². The molecule has 0 aliphatic heterocycles. The van der Waals surface area contributed by atoms with Crippen molar-refractivity contribution in [1.29, 1.82) is 0 Å². The van der Waals surface area contributed by atoms with Crippen molar-refractivity contribution in [2.45, 2.75) is 46.0 Å². The fraction of sp³-hybridized carbons (Fsp3) is 0.542. The number of fused-ring (bicyclic) bond motifs is 1. The van der Waals surface area contributed by atoms with Crippen LogP contribution in [0.2, 0.25) is 0 Å². The van der Waals surface area contributed by atoms with E-state index in [2.05, 4.69) is 80.0 Å². The summed E-state index contributed by atoms with van der Waals surface area (Å²) >= 11 is 0. The third kappa shape index (κ3) is 5.18. The minimum atomic E-state index is -0.438. The first kappa shape index (κ1) is 21.6. The number of hydrogen-bond acceptors (Lipinski definition) is 3. The highest BCUT2D eigenvalue weighted by Gasteiger charge is 2.33. The van der Waals surface area contributed by atoms with Crippen LogP contribution in [-0.4, -0.2) is 55.4 Å². The van der Waals surface area contributed by atoms with Crippen molar-refractivity contribution in [2.24, 2.45) is 0 Å². The quantitative estimate of drug-likeness (QED) is 0.506. The fourth-order valence-corrected chi connectivity index (χ4v) is 4.03. The maximum atomic E-state index is 12.6. The van der Waals surface area contributed by atoms with Gasteiger partial charge in [0.25, 0.3) is 0 Å². The highest BCUT2D eigenvalue weighted by molar-refractivity contribution is 5.90. The molecule has 0 saturated heterocycles. The van der Waals surface area contributed by atoms with Gasteiger partial charge in [0.15, 0.2) is 0 Å². The SMILES string of the molecule is CCN(CC)CCC(C=O)(CCN(CC)CC)c1cccc2ccccc12. The lowest BCUT2D eigenvalue weighted by atomic mass is 9.74. The molecule has 148 valence electrons. The van der Waals surface area contributed by atoms with Crippen molar-refractivity contribution in [3.05, 3.63) is 48.0 Å². The highest BCUT2D eigenvalue weighted by atomic mass is 16.1. The smallest absolute Gasteiger partial charge is 0.130 e. The molecule has 0 N–H and O–H groups in total. The van der Waals surface area contributed by atoms with Gasteiger partial charge in [-0.15, -0.1) is 0 Å². The highest BCUT2D eigenvalue weighted by Crippen LogP contribution is 2.35. The second-order valence-electron chi connectivity index (χ2n) is 7.35. The monoisotopic (exact) mass is 368 g/mol. The first-order valence-electron chi connectivity index (χ1n) is 10.5. The minimum Gasteiger partial charge on any atom is -0.304 e. The summed E-state index contributed by atoms with van der Waals surface area (Å²) in [4.78, 5) is 17.4. The second kappa shape index (κ2) is 10.6. The van der Waals surface area contributed by atoms with E-state index in [9.17, 15) is 4.79 Å². The molecule has 0 atom stereocenters. The van der Waals surface area contributed by atoms with Gasteiger partial charge in [-0.1, -0.05) is 70.2 Å². The van der Waals surface area contributed by atoms with Crippen LogP contribution in [0.3, 0.4) is 0 Å². The van der Waals surface area contributed by atoms with Gasteiger partial charge < -0.3 is 14.6 Å². The number of hydrogen-bond donors (Lipinski definition) is 0. The number of aldehydes is 1. The zero-order valence-electron chi connectivity index (χ0n) is 17.6. The first-order chi connectivity index (χ1) is 13.1. The van der Waals surface area contributed by atoms with Crippen molar-refractivity contribution in [3.8, 4) is 0 Å². The molecule has 0 radical (unpaired) electrons. The normalized spacial score (nSPS) is 12.2. The molecule has 27 heavy (non-hydrogen) atoms. The third-order valence-corrected chi connectivity index (χ3v) is 6.09. The molecular weight excluding hydrogens is 332 g/mol. The van der Waals surface area contributed by atoms with E-state index in [1.165, 1.54) is 22.6 Å². The first-order valence-corrected chi connectivity index (χ1v) is 10.5. The van der Waals surface area contributed by atoms with Gasteiger partial charge in [-0.3, -0.25) is 0 Å². The van der Waals surface area contributed by atoms with E-state index >= 15 is 0 Å². The lowest BCUT2D eigenvalue weighted by Crippen LogP contribution is -2.38. The molecule has 3 nitrogen and oxygen atoms in total. The molecule has 0 unspecified atom stereocenters. The van der Waals surface area contributed by atoms with Crippen LogP contribution < -0.4 is 0 Å². The predicted molar refractivity (Wildman–Crippen MR) is 117 cm³/mol. The van der Waals surface area contributed by atoms with E-state index < -0.39 is 5.41 Å². The van der Waals surface area contributed by atoms with Gasteiger partial charge in [-0.25, -0.2) is 0 Å². The molecule has 0 aromatic heterocycles. The van der Waals surface area contributed by atoms with E-state index in [-0.39, 0.29) is 0 Å². The summed E-state index contributed by atoms with van der Waals surface area (Å²) in [6.45, 7) is 14.8. The predicted octanol–water partition coefficient (Wildman–Crippen LogP) is 4.74. The summed E-state index contributed by atoms with van der Waals surface area (Å²) in [6.07, 6.45) is 2.97. The third-order valence-electron chi connectivity index (χ3n) is 6.09. The van der Waals surface area contributed by atoms with E-state index in [0.29, 0.717) is 0 Å². The van der Waals surface area contributed by atoms with Gasteiger partial charge in [-0.2, -0.15) is 0 Å². The van der Waals surface area contributed by atoms with Crippen molar-refractivity contribution in [3.63, 3.8) is 0 Å². The zero-order chi connectivity index (χ0) is 19.7. The molecule has 0 fully saturated rings. The maximum Gasteiger partial charge on any atom is 0.130 e. The van der Waals surface area contributed by atoms with Gasteiger partial charge in [-0.05, 0) is 68.4 Å². The van der Waals surface area contributed by atoms with Crippen LogP contribution in [-0.2, 0) is 10.2 Å². The molecule has 0 bridgehead atoms. The molecule has 2 aromatic rings. The summed E-state index contributed by atoms with van der Waals surface area (Å²) in [5.74, 6) is 0. The Morgan fingerprint density at radius 1 is 0.778 bits per heavy atom. The standard InChI is InChI=1S/C24H36N2O/c1-5-25(6-2)18-16-24(20-27,17-19-26(7-3)8-4)23-15-11-13-21-12-9-10-14-22(21)23/h9-15,20H,5-8,16-19H2,1-4H3. The van der Waals surface area contributed by atoms with Crippen molar-refractivity contribution in [1.82, 2.24) is 9.80 Å². The molecule has 0 spiro atoms. The van der Waals surface area contributed by atoms with Crippen LogP contribution in [0.25, 0.3) is 10.8 Å². The van der Waals surface area contributed by atoms with E-state index in [0.717, 1.165) is 52.1 Å². The lowest BCUT2D eigenvalue weighted by molar-refractivity contribution is -0.113. The Balaban J connectivity index is 2.44. The number of carbonyl (C=O) groups excluding carboxylic acids is 1. The summed E-state index contributed by atoms with van der Waals surface area (Å²) < 4.78 is 0. The summed E-state index contributed by atoms with van der Waals surface area (Å²) in [5.41, 5.74) is 0.751. The topological polar surface area (TPSA) is 23.6 Å². The van der Waals surface area contributed by atoms with Crippen LogP contribution in [0.1, 0.15) is 46.1 Å². The molecule has 0 aliphatic rings. The zero-order valence-corrected chi connectivity index (χ0v) is 17.6. The molecule has 2 rings (SSSR count). The summed E-state index contributed by atoms with van der Waals surface area (Å²) in [6, 6.07) is 14.9. The van der Waals surface area contributed by atoms with E-state index in [4.69, 9.17) is 0 Å². The van der Waals surface area contributed by atoms with Crippen LogP contribution >= 0.6 is 0 Å². The van der Waals surface area contributed by atoms with Crippen LogP contribution in [0.15, 0.2) is 42.5 Å². The van der Waals surface area contributed by atoms with E-state index in [1.807, 2.05) is 0 Å². The number of nitrogens with zero attached hydrogens (tertiary/aromatic N) is 2. The molecule has 3 heteroatoms. The Morgan fingerprint density at radius 3 is 1.81 bits per heavy atom. The average molecular weight is 369 g/mol. The Bertz CT molecular complexity index is 683. The average Bonchev–Trinajstić information content (AvgIpc) is 2.73. The summed E-state index contributed by atoms with van der Waals surface area (Å²) in [5, 5.41) is 2.43. The lowest BCUT2D eigenvalue weighted by Gasteiger charge is -2.34. The Labute approximate surface area is 165 Å². The molecule has 0 heterocycles. The summed E-state index contributed by atoms with van der Waals surface area (Å²) in [7, 11) is 0. The van der Waals surface area contributed by atoms with Crippen LogP contribution in [0, 0.1) is 0 Å². The maximum absolute atomic E-state index is 12.6. The number of benzene rings is 2. The Hall–Kier alpha value is -1.71. The van der Waals surface area contributed by atoms with Gasteiger partial charge in [0.2, 0.25) is 0 Å². The number of rotatable bonds is 12. The van der Waals surface area contributed by atoms with Gasteiger partial charge >= 0.3 is 0 Å². The molecule has 2 aromatic carbocycles. The Morgan fingerprint density at radius 2 is 1.30 bits per heavy atom. The fourth-order valence-electron chi connectivity index (χ4n) is 4.03. The Kier molecular flexibility index (Phi) is 8.46. The van der Waals surface area contributed by atoms with Crippen LogP contribution in [0.5, 0.6) is 0 Å². The van der Waals surface area contributed by atoms with Gasteiger partial charge in [0.05, 0.1) is 5.41 Å². The molecule has 0 saturated carbocycles. The molecule has 0 aliphatic carbocycles. The van der Waals surface area contributed by atoms with E-state index in [1.54, 1.807) is 0 Å². The van der Waals surface area contributed by atoms with Gasteiger partial charge in [0, 0.05) is 0 Å². The van der Waals surface area contributed by atoms with Crippen molar-refractivity contribution >= 4 is 17.1 Å².